The molecular weight excluding hydrogens is 282 g/mol. The monoisotopic (exact) mass is 301 g/mol. The van der Waals surface area contributed by atoms with Gasteiger partial charge < -0.3 is 10.0 Å². The van der Waals surface area contributed by atoms with Crippen molar-refractivity contribution >= 4 is 21.7 Å². The highest BCUT2D eigenvalue weighted by Gasteiger charge is 2.37. The van der Waals surface area contributed by atoms with Crippen LogP contribution in [-0.2, 0) is 19.4 Å². The van der Waals surface area contributed by atoms with Crippen LogP contribution in [0, 0.1) is 11.8 Å². The van der Waals surface area contributed by atoms with Gasteiger partial charge in [0.15, 0.2) is 9.84 Å². The van der Waals surface area contributed by atoms with Gasteiger partial charge in [0.2, 0.25) is 5.91 Å². The van der Waals surface area contributed by atoms with E-state index in [0.29, 0.717) is 25.8 Å². The topological polar surface area (TPSA) is 91.8 Å². The molecule has 1 saturated heterocycles. The zero-order chi connectivity index (χ0) is 14.8. The molecule has 0 unspecified atom stereocenters. The summed E-state index contributed by atoms with van der Waals surface area (Å²) in [5.74, 6) is -2.39. The average Bonchev–Trinajstić information content (AvgIpc) is 2.59. The summed E-state index contributed by atoms with van der Waals surface area (Å²) in [5.41, 5.74) is 0. The van der Waals surface area contributed by atoms with Gasteiger partial charge in [0.25, 0.3) is 0 Å². The highest BCUT2D eigenvalue weighted by molar-refractivity contribution is 7.91. The standard InChI is InChI=1S/C13H19NO5S/c15-12(10-4-1-2-5-11(10)13(16)17)14-6-3-8-20(18,19)9-7-14/h1-2,10-11H,3-9H2,(H,16,17)/t10-,11+/m1/s1. The van der Waals surface area contributed by atoms with Crippen molar-refractivity contribution in [1.82, 2.24) is 4.90 Å². The molecule has 0 aromatic rings. The minimum Gasteiger partial charge on any atom is -0.481 e. The molecule has 2 rings (SSSR count). The van der Waals surface area contributed by atoms with Gasteiger partial charge >= 0.3 is 5.97 Å². The van der Waals surface area contributed by atoms with E-state index in [1.54, 1.807) is 6.08 Å². The summed E-state index contributed by atoms with van der Waals surface area (Å²) in [6, 6.07) is 0. The van der Waals surface area contributed by atoms with Crippen LogP contribution in [0.3, 0.4) is 0 Å². The van der Waals surface area contributed by atoms with Crippen LogP contribution in [-0.4, -0.2) is 54.9 Å². The molecule has 0 aromatic carbocycles. The first kappa shape index (κ1) is 15.0. The van der Waals surface area contributed by atoms with Crippen molar-refractivity contribution in [2.75, 3.05) is 24.6 Å². The van der Waals surface area contributed by atoms with Crippen LogP contribution in [0.2, 0.25) is 0 Å². The molecule has 1 fully saturated rings. The predicted molar refractivity (Wildman–Crippen MR) is 72.8 cm³/mol. The van der Waals surface area contributed by atoms with E-state index in [4.69, 9.17) is 0 Å². The number of hydrogen-bond acceptors (Lipinski definition) is 4. The Labute approximate surface area is 118 Å². The lowest BCUT2D eigenvalue weighted by molar-refractivity contribution is -0.150. The van der Waals surface area contributed by atoms with Crippen molar-refractivity contribution in [2.45, 2.75) is 19.3 Å². The number of rotatable bonds is 2. The second kappa shape index (κ2) is 5.95. The fourth-order valence-corrected chi connectivity index (χ4v) is 4.03. The summed E-state index contributed by atoms with van der Waals surface area (Å²) < 4.78 is 23.1. The molecule has 2 aliphatic rings. The van der Waals surface area contributed by atoms with E-state index >= 15 is 0 Å². The molecule has 0 bridgehead atoms. The maximum absolute atomic E-state index is 12.5. The fourth-order valence-electron chi connectivity index (χ4n) is 2.75. The van der Waals surface area contributed by atoms with Crippen LogP contribution < -0.4 is 0 Å². The molecule has 7 heteroatoms. The van der Waals surface area contributed by atoms with E-state index < -0.39 is 27.6 Å². The Morgan fingerprint density at radius 1 is 1.05 bits per heavy atom. The molecule has 0 aromatic heterocycles. The first-order chi connectivity index (χ1) is 9.41. The summed E-state index contributed by atoms with van der Waals surface area (Å²) in [5, 5.41) is 9.19. The van der Waals surface area contributed by atoms with Gasteiger partial charge in [-0.3, -0.25) is 9.59 Å². The summed E-state index contributed by atoms with van der Waals surface area (Å²) in [4.78, 5) is 25.2. The molecule has 112 valence electrons. The highest BCUT2D eigenvalue weighted by atomic mass is 32.2. The minimum absolute atomic E-state index is 0.0287. The molecule has 0 spiro atoms. The molecular formula is C13H19NO5S. The maximum Gasteiger partial charge on any atom is 0.307 e. The third-order valence-corrected chi connectivity index (χ3v) is 5.65. The van der Waals surface area contributed by atoms with Crippen molar-refractivity contribution in [1.29, 1.82) is 0 Å². The lowest BCUT2D eigenvalue weighted by atomic mass is 9.82. The molecule has 1 aliphatic heterocycles. The van der Waals surface area contributed by atoms with Gasteiger partial charge in [0.05, 0.1) is 23.3 Å². The third kappa shape index (κ3) is 3.39. The fraction of sp³-hybridized carbons (Fsp3) is 0.692. The Kier molecular flexibility index (Phi) is 4.47. The molecule has 1 aliphatic carbocycles. The Morgan fingerprint density at radius 2 is 1.70 bits per heavy atom. The quantitative estimate of drug-likeness (QED) is 0.741. The Morgan fingerprint density at radius 3 is 2.35 bits per heavy atom. The minimum atomic E-state index is -3.07. The Balaban J connectivity index is 2.10. The second-order valence-corrected chi connectivity index (χ2v) is 7.63. The highest BCUT2D eigenvalue weighted by Crippen LogP contribution is 2.28. The van der Waals surface area contributed by atoms with Crippen molar-refractivity contribution in [2.24, 2.45) is 11.8 Å². The zero-order valence-corrected chi connectivity index (χ0v) is 12.0. The van der Waals surface area contributed by atoms with Crippen molar-refractivity contribution in [3.63, 3.8) is 0 Å². The molecule has 6 nitrogen and oxygen atoms in total. The van der Waals surface area contributed by atoms with Gasteiger partial charge in [-0.05, 0) is 19.3 Å². The molecule has 1 N–H and O–H groups in total. The molecule has 1 amide bonds. The van der Waals surface area contributed by atoms with E-state index in [0.717, 1.165) is 0 Å². The van der Waals surface area contributed by atoms with Crippen molar-refractivity contribution in [3.8, 4) is 0 Å². The lowest BCUT2D eigenvalue weighted by Crippen LogP contribution is -2.43. The number of carbonyl (C=O) groups excluding carboxylic acids is 1. The first-order valence-corrected chi connectivity index (χ1v) is 8.60. The van der Waals surface area contributed by atoms with Crippen LogP contribution in [0.25, 0.3) is 0 Å². The maximum atomic E-state index is 12.5. The SMILES string of the molecule is O=C(O)[C@H]1CC=CC[C@H]1C(=O)N1CCCS(=O)(=O)CC1. The number of carboxylic acids is 1. The number of nitrogens with zero attached hydrogens (tertiary/aromatic N) is 1. The summed E-state index contributed by atoms with van der Waals surface area (Å²) in [6.45, 7) is 0.568. The van der Waals surface area contributed by atoms with E-state index in [1.807, 2.05) is 6.08 Å². The number of carboxylic acid groups (broad SMARTS) is 1. The summed E-state index contributed by atoms with van der Waals surface area (Å²) >= 11 is 0. The van der Waals surface area contributed by atoms with Crippen molar-refractivity contribution < 1.29 is 23.1 Å². The number of allylic oxidation sites excluding steroid dienone is 2. The number of hydrogen-bond donors (Lipinski definition) is 1. The smallest absolute Gasteiger partial charge is 0.307 e. The van der Waals surface area contributed by atoms with Gasteiger partial charge in [-0.1, -0.05) is 12.2 Å². The Bertz CT molecular complexity index is 525. The number of carbonyl (C=O) groups is 2. The summed E-state index contributed by atoms with van der Waals surface area (Å²) in [6.07, 6.45) is 4.82. The lowest BCUT2D eigenvalue weighted by Gasteiger charge is -2.30. The normalized spacial score (nSPS) is 29.7. The van der Waals surface area contributed by atoms with Crippen LogP contribution in [0.1, 0.15) is 19.3 Å². The molecule has 0 radical (unpaired) electrons. The van der Waals surface area contributed by atoms with E-state index in [-0.39, 0.29) is 24.0 Å². The van der Waals surface area contributed by atoms with E-state index in [2.05, 4.69) is 0 Å². The van der Waals surface area contributed by atoms with Crippen molar-refractivity contribution in [3.05, 3.63) is 12.2 Å². The van der Waals surface area contributed by atoms with E-state index in [9.17, 15) is 23.1 Å². The van der Waals surface area contributed by atoms with Gasteiger partial charge in [0.1, 0.15) is 0 Å². The average molecular weight is 301 g/mol. The van der Waals surface area contributed by atoms with Crippen LogP contribution in [0.4, 0.5) is 0 Å². The van der Waals surface area contributed by atoms with Crippen LogP contribution in [0.15, 0.2) is 12.2 Å². The Hall–Kier alpha value is -1.37. The first-order valence-electron chi connectivity index (χ1n) is 6.78. The number of aliphatic carboxylic acids is 1. The van der Waals surface area contributed by atoms with Gasteiger partial charge in [-0.2, -0.15) is 0 Å². The largest absolute Gasteiger partial charge is 0.481 e. The van der Waals surface area contributed by atoms with E-state index in [1.165, 1.54) is 4.90 Å². The molecule has 0 saturated carbocycles. The molecule has 2 atom stereocenters. The van der Waals surface area contributed by atoms with Crippen LogP contribution in [0.5, 0.6) is 0 Å². The molecule has 20 heavy (non-hydrogen) atoms. The third-order valence-electron chi connectivity index (χ3n) is 3.93. The predicted octanol–water partition coefficient (Wildman–Crippen LogP) is 0.301. The molecule has 1 heterocycles. The summed E-state index contributed by atoms with van der Waals surface area (Å²) in [7, 11) is -3.07. The van der Waals surface area contributed by atoms with Gasteiger partial charge in [-0.15, -0.1) is 0 Å². The van der Waals surface area contributed by atoms with Gasteiger partial charge in [-0.25, -0.2) is 8.42 Å². The zero-order valence-electron chi connectivity index (χ0n) is 11.2. The number of amides is 1. The number of sulfone groups is 1. The second-order valence-electron chi connectivity index (χ2n) is 5.32. The van der Waals surface area contributed by atoms with Crippen LogP contribution >= 0.6 is 0 Å². The van der Waals surface area contributed by atoms with Gasteiger partial charge in [0, 0.05) is 13.1 Å².